The summed E-state index contributed by atoms with van der Waals surface area (Å²) in [4.78, 5) is 0. The molecule has 0 aliphatic rings. The molecule has 84 valence electrons. The van der Waals surface area contributed by atoms with Gasteiger partial charge >= 0.3 is 0 Å². The molecule has 0 amide bonds. The van der Waals surface area contributed by atoms with E-state index in [0.29, 0.717) is 0 Å². The molecule has 0 fully saturated rings. The Morgan fingerprint density at radius 2 is 1.88 bits per heavy atom. The molecule has 0 N–H and O–H groups in total. The standard InChI is InChI=1S/C14H17NO/c1-3-13-11(2)16-15-14(13)10-9-12-7-5-4-6-8-12/h4-8H,3,9-10H2,1-2H3. The van der Waals surface area contributed by atoms with Crippen LogP contribution in [0.25, 0.3) is 0 Å². The smallest absolute Gasteiger partial charge is 0.137 e. The minimum absolute atomic E-state index is 0.963. The van der Waals surface area contributed by atoms with E-state index in [2.05, 4.69) is 36.3 Å². The summed E-state index contributed by atoms with van der Waals surface area (Å²) < 4.78 is 5.22. The van der Waals surface area contributed by atoms with Crippen molar-refractivity contribution in [3.8, 4) is 0 Å². The Kier molecular flexibility index (Phi) is 3.40. The highest BCUT2D eigenvalue weighted by molar-refractivity contribution is 5.24. The van der Waals surface area contributed by atoms with Gasteiger partial charge in [0.25, 0.3) is 0 Å². The quantitative estimate of drug-likeness (QED) is 0.781. The van der Waals surface area contributed by atoms with Gasteiger partial charge in [0, 0.05) is 5.56 Å². The van der Waals surface area contributed by atoms with Crippen molar-refractivity contribution in [1.29, 1.82) is 0 Å². The highest BCUT2D eigenvalue weighted by atomic mass is 16.5. The van der Waals surface area contributed by atoms with Crippen LogP contribution in [0.1, 0.15) is 29.5 Å². The fourth-order valence-electron chi connectivity index (χ4n) is 1.99. The van der Waals surface area contributed by atoms with E-state index in [1.165, 1.54) is 11.1 Å². The molecule has 0 aliphatic carbocycles. The largest absolute Gasteiger partial charge is 0.361 e. The molecular formula is C14H17NO. The summed E-state index contributed by atoms with van der Waals surface area (Å²) in [5.74, 6) is 0.963. The molecule has 0 radical (unpaired) electrons. The predicted molar refractivity (Wildman–Crippen MR) is 64.5 cm³/mol. The zero-order chi connectivity index (χ0) is 11.4. The third kappa shape index (κ3) is 2.32. The van der Waals surface area contributed by atoms with Crippen LogP contribution < -0.4 is 0 Å². The maximum Gasteiger partial charge on any atom is 0.137 e. The lowest BCUT2D eigenvalue weighted by molar-refractivity contribution is 0.389. The van der Waals surface area contributed by atoms with Crippen molar-refractivity contribution in [2.45, 2.75) is 33.1 Å². The Morgan fingerprint density at radius 3 is 2.56 bits per heavy atom. The Morgan fingerprint density at radius 1 is 1.12 bits per heavy atom. The van der Waals surface area contributed by atoms with Crippen LogP contribution in [0.15, 0.2) is 34.9 Å². The first-order chi connectivity index (χ1) is 7.81. The van der Waals surface area contributed by atoms with Gasteiger partial charge in [-0.15, -0.1) is 0 Å². The zero-order valence-electron chi connectivity index (χ0n) is 9.86. The lowest BCUT2D eigenvalue weighted by Crippen LogP contribution is -1.95. The van der Waals surface area contributed by atoms with Crippen LogP contribution in [0.2, 0.25) is 0 Å². The van der Waals surface area contributed by atoms with Gasteiger partial charge < -0.3 is 4.52 Å². The minimum atomic E-state index is 0.963. The number of nitrogens with zero attached hydrogens (tertiary/aromatic N) is 1. The van der Waals surface area contributed by atoms with Crippen LogP contribution >= 0.6 is 0 Å². The molecule has 16 heavy (non-hydrogen) atoms. The zero-order valence-corrected chi connectivity index (χ0v) is 9.86. The van der Waals surface area contributed by atoms with Crippen molar-refractivity contribution >= 4 is 0 Å². The van der Waals surface area contributed by atoms with Crippen LogP contribution in [-0.2, 0) is 19.3 Å². The van der Waals surface area contributed by atoms with Gasteiger partial charge in [-0.3, -0.25) is 0 Å². The van der Waals surface area contributed by atoms with E-state index in [9.17, 15) is 0 Å². The molecule has 2 nitrogen and oxygen atoms in total. The van der Waals surface area contributed by atoms with Crippen LogP contribution in [-0.4, -0.2) is 5.16 Å². The molecule has 2 aromatic rings. The SMILES string of the molecule is CCc1c(CCc2ccccc2)noc1C. The van der Waals surface area contributed by atoms with Crippen molar-refractivity contribution < 1.29 is 4.52 Å². The molecule has 0 saturated heterocycles. The summed E-state index contributed by atoms with van der Waals surface area (Å²) in [6.45, 7) is 4.13. The first-order valence-electron chi connectivity index (χ1n) is 5.79. The monoisotopic (exact) mass is 215 g/mol. The number of hydrogen-bond acceptors (Lipinski definition) is 2. The van der Waals surface area contributed by atoms with Gasteiger partial charge in [-0.1, -0.05) is 42.4 Å². The van der Waals surface area contributed by atoms with Gasteiger partial charge in [-0.2, -0.15) is 0 Å². The second kappa shape index (κ2) is 4.97. The first-order valence-corrected chi connectivity index (χ1v) is 5.79. The van der Waals surface area contributed by atoms with Gasteiger partial charge in [0.15, 0.2) is 0 Å². The normalized spacial score (nSPS) is 10.6. The second-order valence-electron chi connectivity index (χ2n) is 4.00. The average Bonchev–Trinajstić information content (AvgIpc) is 2.68. The van der Waals surface area contributed by atoms with Gasteiger partial charge in [-0.05, 0) is 31.7 Å². The van der Waals surface area contributed by atoms with Crippen LogP contribution in [0, 0.1) is 6.92 Å². The maximum absolute atomic E-state index is 5.22. The Labute approximate surface area is 96.3 Å². The van der Waals surface area contributed by atoms with E-state index < -0.39 is 0 Å². The maximum atomic E-state index is 5.22. The third-order valence-electron chi connectivity index (χ3n) is 2.91. The Hall–Kier alpha value is -1.57. The number of rotatable bonds is 4. The van der Waals surface area contributed by atoms with Gasteiger partial charge in [-0.25, -0.2) is 0 Å². The summed E-state index contributed by atoms with van der Waals surface area (Å²) in [5, 5.41) is 4.13. The second-order valence-corrected chi connectivity index (χ2v) is 4.00. The highest BCUT2D eigenvalue weighted by Crippen LogP contribution is 2.16. The average molecular weight is 215 g/mol. The van der Waals surface area contributed by atoms with Crippen molar-refractivity contribution in [3.63, 3.8) is 0 Å². The van der Waals surface area contributed by atoms with Crippen molar-refractivity contribution in [1.82, 2.24) is 5.16 Å². The number of benzene rings is 1. The summed E-state index contributed by atoms with van der Waals surface area (Å²) in [5.41, 5.74) is 3.74. The van der Waals surface area contributed by atoms with E-state index in [1.807, 2.05) is 13.0 Å². The summed E-state index contributed by atoms with van der Waals surface area (Å²) in [7, 11) is 0. The van der Waals surface area contributed by atoms with Gasteiger partial charge in [0.2, 0.25) is 0 Å². The van der Waals surface area contributed by atoms with E-state index in [1.54, 1.807) is 0 Å². The van der Waals surface area contributed by atoms with Crippen molar-refractivity contribution in [2.24, 2.45) is 0 Å². The van der Waals surface area contributed by atoms with Gasteiger partial charge in [0.1, 0.15) is 5.76 Å². The summed E-state index contributed by atoms with van der Waals surface area (Å²) in [6, 6.07) is 10.5. The molecule has 0 spiro atoms. The Bertz CT molecular complexity index is 445. The molecule has 0 atom stereocenters. The molecule has 0 aliphatic heterocycles. The molecule has 1 heterocycles. The molecule has 1 aromatic heterocycles. The lowest BCUT2D eigenvalue weighted by Gasteiger charge is -2.00. The summed E-state index contributed by atoms with van der Waals surface area (Å²) >= 11 is 0. The minimum Gasteiger partial charge on any atom is -0.361 e. The van der Waals surface area contributed by atoms with Crippen LogP contribution in [0.4, 0.5) is 0 Å². The summed E-state index contributed by atoms with van der Waals surface area (Å²) in [6.07, 6.45) is 2.99. The third-order valence-corrected chi connectivity index (χ3v) is 2.91. The van der Waals surface area contributed by atoms with Gasteiger partial charge in [0.05, 0.1) is 5.69 Å². The molecule has 0 saturated carbocycles. The Balaban J connectivity index is 2.05. The number of aryl methyl sites for hydroxylation is 3. The molecule has 2 heteroatoms. The lowest BCUT2D eigenvalue weighted by atomic mass is 10.0. The van der Waals surface area contributed by atoms with Crippen LogP contribution in [0.5, 0.6) is 0 Å². The van der Waals surface area contributed by atoms with Crippen LogP contribution in [0.3, 0.4) is 0 Å². The topological polar surface area (TPSA) is 26.0 Å². The van der Waals surface area contributed by atoms with E-state index >= 15 is 0 Å². The molecule has 0 bridgehead atoms. The van der Waals surface area contributed by atoms with E-state index in [4.69, 9.17) is 4.52 Å². The molecule has 1 aromatic carbocycles. The number of aromatic nitrogens is 1. The molecular weight excluding hydrogens is 198 g/mol. The molecule has 2 rings (SSSR count). The predicted octanol–water partition coefficient (Wildman–Crippen LogP) is 3.33. The molecule has 0 unspecified atom stereocenters. The van der Waals surface area contributed by atoms with Crippen molar-refractivity contribution in [3.05, 3.63) is 52.9 Å². The first kappa shape index (κ1) is 10.9. The van der Waals surface area contributed by atoms with E-state index in [-0.39, 0.29) is 0 Å². The fourth-order valence-corrected chi connectivity index (χ4v) is 1.99. The fraction of sp³-hybridized carbons (Fsp3) is 0.357. The van der Waals surface area contributed by atoms with Crippen molar-refractivity contribution in [2.75, 3.05) is 0 Å². The highest BCUT2D eigenvalue weighted by Gasteiger charge is 2.10. The van der Waals surface area contributed by atoms with E-state index in [0.717, 1.165) is 30.7 Å². The number of hydrogen-bond donors (Lipinski definition) is 0.